The van der Waals surface area contributed by atoms with Crippen LogP contribution in [-0.2, 0) is 32.1 Å². The van der Waals surface area contributed by atoms with E-state index in [0.717, 1.165) is 69.5 Å². The molecule has 1 fully saturated rings. The van der Waals surface area contributed by atoms with Crippen LogP contribution >= 0.6 is 46.4 Å². The van der Waals surface area contributed by atoms with E-state index in [0.29, 0.717) is 52.2 Å². The molecule has 1 aliphatic heterocycles. The molecule has 11 heteroatoms. The molecule has 6 aromatic rings. The number of aliphatic imine (C=N–C) groups is 1. The molecular formula is C58H70Cl4N4O3. The normalized spacial score (nSPS) is 14.0. The zero-order valence-electron chi connectivity index (χ0n) is 45.1. The van der Waals surface area contributed by atoms with Gasteiger partial charge in [-0.1, -0.05) is 126 Å². The van der Waals surface area contributed by atoms with Crippen molar-refractivity contribution in [3.05, 3.63) is 176 Å². The molecule has 0 spiro atoms. The van der Waals surface area contributed by atoms with E-state index in [9.17, 15) is 0 Å². The lowest BCUT2D eigenvalue weighted by molar-refractivity contribution is 0.303. The van der Waals surface area contributed by atoms with Crippen LogP contribution in [0.2, 0.25) is 20.1 Å². The minimum Gasteiger partial charge on any atom is -0.490 e. The third kappa shape index (κ3) is 21.7. The van der Waals surface area contributed by atoms with Gasteiger partial charge >= 0.3 is 0 Å². The Morgan fingerprint density at radius 2 is 1.17 bits per heavy atom. The fourth-order valence-corrected chi connectivity index (χ4v) is 7.81. The van der Waals surface area contributed by atoms with Gasteiger partial charge in [-0.25, -0.2) is 4.98 Å². The highest BCUT2D eigenvalue weighted by atomic mass is 35.5. The maximum atomic E-state index is 8.27. The highest BCUT2D eigenvalue weighted by Crippen LogP contribution is 2.31. The van der Waals surface area contributed by atoms with E-state index >= 15 is 0 Å². The van der Waals surface area contributed by atoms with Crippen LogP contribution < -0.4 is 20.1 Å². The van der Waals surface area contributed by atoms with Crippen molar-refractivity contribution >= 4 is 63.5 Å². The monoisotopic (exact) mass is 1010 g/mol. The molecule has 0 radical (unpaired) electrons. The summed E-state index contributed by atoms with van der Waals surface area (Å²) in [5.74, 6) is 3.52. The molecule has 69 heavy (non-hydrogen) atoms. The van der Waals surface area contributed by atoms with Gasteiger partial charge in [-0.05, 0) is 175 Å². The van der Waals surface area contributed by atoms with E-state index in [1.165, 1.54) is 30.4 Å². The lowest BCUT2D eigenvalue weighted by Crippen LogP contribution is -2.12. The topological polar surface area (TPSA) is 80.9 Å². The Balaban J connectivity index is 0.000000181. The summed E-state index contributed by atoms with van der Waals surface area (Å²) >= 11 is 24.2. The molecular weight excluding hydrogens is 942 g/mol. The van der Waals surface area contributed by atoms with Gasteiger partial charge in [-0.15, -0.1) is 0 Å². The number of oxazole rings is 1. The number of halogens is 4. The Labute approximate surface area is 437 Å². The SMILES string of the molecule is CC(C)Cc1cc(Cl)cc(OC2CC2)c1.CC(C)Cc1cc(Cl)cc(Oc2ccccc2)c1.[2H]C([2H])(c1cc(Cl)ccc1NCC1=NCC=C1)C(C)C.[2H]C([2H])(c1cc(Cl)ccc1NCc1cocn1)C(C)C. The van der Waals surface area contributed by atoms with Gasteiger partial charge in [-0.2, -0.15) is 0 Å². The molecule has 0 saturated heterocycles. The molecule has 0 unspecified atom stereocenters. The predicted octanol–water partition coefficient (Wildman–Crippen LogP) is 17.5. The van der Waals surface area contributed by atoms with E-state index in [1.54, 1.807) is 36.6 Å². The van der Waals surface area contributed by atoms with Crippen molar-refractivity contribution in [1.82, 2.24) is 4.98 Å². The summed E-state index contributed by atoms with van der Waals surface area (Å²) in [7, 11) is 0. The lowest BCUT2D eigenvalue weighted by atomic mass is 10.0. The van der Waals surface area contributed by atoms with Gasteiger partial charge in [0.1, 0.15) is 23.5 Å². The second-order valence-electron chi connectivity index (χ2n) is 18.4. The summed E-state index contributed by atoms with van der Waals surface area (Å²) in [5, 5.41) is 9.02. The fourth-order valence-electron chi connectivity index (χ4n) is 6.97. The molecule has 2 aliphatic rings. The van der Waals surface area contributed by atoms with Gasteiger partial charge in [0, 0.05) is 36.9 Å². The van der Waals surface area contributed by atoms with Crippen LogP contribution in [0.15, 0.2) is 137 Å². The smallest absolute Gasteiger partial charge is 0.180 e. The van der Waals surface area contributed by atoms with Crippen molar-refractivity contribution in [3.8, 4) is 17.2 Å². The maximum Gasteiger partial charge on any atom is 0.180 e. The minimum atomic E-state index is -1.46. The number of nitrogens with one attached hydrogen (secondary N) is 2. The quantitative estimate of drug-likeness (QED) is 0.0893. The predicted molar refractivity (Wildman–Crippen MR) is 294 cm³/mol. The summed E-state index contributed by atoms with van der Waals surface area (Å²) in [6.45, 7) is 18.0. The number of aromatic nitrogens is 1. The average Bonchev–Trinajstić information content (AvgIpc) is 3.69. The number of rotatable bonds is 18. The summed E-state index contributed by atoms with van der Waals surface area (Å²) in [5.41, 5.74) is 6.88. The molecule has 8 rings (SSSR count). The Hall–Kier alpha value is -4.92. The first kappa shape index (κ1) is 49.1. The zero-order valence-corrected chi connectivity index (χ0v) is 44.1. The third-order valence-corrected chi connectivity index (χ3v) is 10.8. The molecule has 1 saturated carbocycles. The maximum absolute atomic E-state index is 8.27. The van der Waals surface area contributed by atoms with E-state index in [2.05, 4.69) is 60.4 Å². The van der Waals surface area contributed by atoms with Gasteiger partial charge in [0.15, 0.2) is 6.39 Å². The summed E-state index contributed by atoms with van der Waals surface area (Å²) in [6, 6.07) is 32.2. The van der Waals surface area contributed by atoms with Crippen molar-refractivity contribution in [2.24, 2.45) is 28.7 Å². The second-order valence-corrected chi connectivity index (χ2v) is 20.2. The van der Waals surface area contributed by atoms with Gasteiger partial charge in [0.2, 0.25) is 0 Å². The summed E-state index contributed by atoms with van der Waals surface area (Å²) < 4.78 is 49.5. The molecule has 368 valence electrons. The van der Waals surface area contributed by atoms with Gasteiger partial charge in [-0.3, -0.25) is 4.99 Å². The Morgan fingerprint density at radius 3 is 1.67 bits per heavy atom. The standard InChI is InChI=1S/C16H17ClO.C15H19ClN2.C14H17ClN2O.C13H17ClO/c1-12(2)8-13-9-14(17)11-16(10-13)18-15-6-4-3-5-7-15;1-11(2)8-12-9-13(16)5-6-15(12)18-10-14-4-3-7-17-14;1-10(2)5-11-6-12(15)3-4-14(11)16-7-13-8-18-9-17-13;1-9(2)5-10-6-11(14)8-13(7-10)15-12-3-4-12/h3-7,9-12H,8H2,1-2H3;3-6,9,11,18H,7-8,10H2,1-2H3;3-4,6,8-10,16H,5,7H2,1-2H3;6-9,12H,3-5H2,1-2H3/i;8D2;5D2;. The molecule has 2 N–H and O–H groups in total. The van der Waals surface area contributed by atoms with E-state index in [1.807, 2.05) is 101 Å². The van der Waals surface area contributed by atoms with Crippen molar-refractivity contribution in [3.63, 3.8) is 0 Å². The zero-order chi connectivity index (χ0) is 53.3. The van der Waals surface area contributed by atoms with Crippen LogP contribution in [0.4, 0.5) is 11.4 Å². The lowest BCUT2D eigenvalue weighted by Gasteiger charge is -2.14. The van der Waals surface area contributed by atoms with E-state index < -0.39 is 12.7 Å². The van der Waals surface area contributed by atoms with Gasteiger partial charge in [0.25, 0.3) is 0 Å². The summed E-state index contributed by atoms with van der Waals surface area (Å²) in [6.07, 6.45) is 8.90. The van der Waals surface area contributed by atoms with E-state index in [4.69, 9.17) is 65.8 Å². The molecule has 7 nitrogen and oxygen atoms in total. The summed E-state index contributed by atoms with van der Waals surface area (Å²) in [4.78, 5) is 8.35. The number of ether oxygens (including phenoxy) is 2. The first-order valence-electron chi connectivity index (χ1n) is 25.7. The van der Waals surface area contributed by atoms with Gasteiger partial charge < -0.3 is 24.5 Å². The number of para-hydroxylation sites is 1. The Kier molecular flexibility index (Phi) is 20.4. The minimum absolute atomic E-state index is 0.134. The van der Waals surface area contributed by atoms with Crippen LogP contribution in [-0.4, -0.2) is 29.9 Å². The van der Waals surface area contributed by atoms with Crippen LogP contribution in [0.5, 0.6) is 17.2 Å². The first-order chi connectivity index (χ1) is 34.6. The van der Waals surface area contributed by atoms with E-state index in [-0.39, 0.29) is 11.8 Å². The Morgan fingerprint density at radius 1 is 0.623 bits per heavy atom. The first-order valence-corrected chi connectivity index (χ1v) is 25.2. The van der Waals surface area contributed by atoms with Crippen molar-refractivity contribution in [1.29, 1.82) is 0 Å². The van der Waals surface area contributed by atoms with Crippen LogP contribution in [0.3, 0.4) is 0 Å². The van der Waals surface area contributed by atoms with Crippen molar-refractivity contribution in [2.75, 3.05) is 23.7 Å². The largest absolute Gasteiger partial charge is 0.490 e. The average molecular weight is 1020 g/mol. The van der Waals surface area contributed by atoms with Crippen molar-refractivity contribution in [2.45, 2.75) is 106 Å². The van der Waals surface area contributed by atoms with Crippen molar-refractivity contribution < 1.29 is 19.4 Å². The third-order valence-electron chi connectivity index (χ3n) is 9.92. The Bertz CT molecular complexity index is 2690. The molecule has 0 bridgehead atoms. The molecule has 5 aromatic carbocycles. The second kappa shape index (κ2) is 28.7. The fraction of sp³-hybridized carbons (Fsp3) is 0.379. The molecule has 2 heterocycles. The van der Waals surface area contributed by atoms with Crippen LogP contribution in [0.1, 0.15) is 102 Å². The number of hydrogen-bond donors (Lipinski definition) is 2. The number of hydrogen-bond acceptors (Lipinski definition) is 7. The number of nitrogens with zero attached hydrogens (tertiary/aromatic N) is 2. The van der Waals surface area contributed by atoms with Crippen LogP contribution in [0.25, 0.3) is 0 Å². The molecule has 1 aromatic heterocycles. The molecule has 1 aliphatic carbocycles. The highest BCUT2D eigenvalue weighted by molar-refractivity contribution is 6.31. The number of benzene rings is 5. The number of anilines is 2. The molecule has 0 atom stereocenters. The van der Waals surface area contributed by atoms with Gasteiger partial charge in [0.05, 0.1) is 37.1 Å². The molecule has 0 amide bonds. The highest BCUT2D eigenvalue weighted by Gasteiger charge is 2.23. The van der Waals surface area contributed by atoms with Crippen LogP contribution in [0, 0.1) is 23.7 Å².